The van der Waals surface area contributed by atoms with Crippen molar-refractivity contribution in [2.45, 2.75) is 31.2 Å². The van der Waals surface area contributed by atoms with Gasteiger partial charge in [-0.3, -0.25) is 19.8 Å². The number of piperidine rings is 1. The second-order valence-electron chi connectivity index (χ2n) is 8.24. The van der Waals surface area contributed by atoms with E-state index in [-0.39, 0.29) is 30.3 Å². The van der Waals surface area contributed by atoms with E-state index in [1.54, 1.807) is 6.07 Å². The minimum atomic E-state index is -0.470. The van der Waals surface area contributed by atoms with Crippen molar-refractivity contribution >= 4 is 40.8 Å². The zero-order chi connectivity index (χ0) is 21.6. The van der Waals surface area contributed by atoms with E-state index in [4.69, 9.17) is 16.3 Å². The summed E-state index contributed by atoms with van der Waals surface area (Å²) >= 11 is 6.68. The molecule has 3 aliphatic rings. The lowest BCUT2D eigenvalue weighted by atomic mass is 9.84. The lowest BCUT2D eigenvalue weighted by Crippen LogP contribution is -2.66. The van der Waals surface area contributed by atoms with Crippen LogP contribution in [0, 0.1) is 0 Å². The molecule has 1 spiro atoms. The quantitative estimate of drug-likeness (QED) is 0.790. The molecule has 0 bridgehead atoms. The number of imide groups is 1. The first-order chi connectivity index (χ1) is 15.0. The molecule has 2 aromatic carbocycles. The highest BCUT2D eigenvalue weighted by atomic mass is 35.5. The monoisotopic (exact) mass is 439 g/mol. The van der Waals surface area contributed by atoms with Crippen molar-refractivity contribution < 1.29 is 19.1 Å². The summed E-state index contributed by atoms with van der Waals surface area (Å²) < 4.78 is 5.44. The van der Waals surface area contributed by atoms with Gasteiger partial charge in [-0.1, -0.05) is 35.9 Å². The molecule has 4 amide bonds. The topological polar surface area (TPSA) is 79.0 Å². The Balaban J connectivity index is 1.45. The Morgan fingerprint density at radius 2 is 1.77 bits per heavy atom. The van der Waals surface area contributed by atoms with Crippen LogP contribution in [0.3, 0.4) is 0 Å². The number of halogens is 1. The van der Waals surface area contributed by atoms with Crippen molar-refractivity contribution in [3.8, 4) is 11.1 Å². The number of carbonyl (C=O) groups is 3. The fourth-order valence-electron chi connectivity index (χ4n) is 4.62. The highest BCUT2D eigenvalue weighted by molar-refractivity contribution is 6.36. The molecule has 3 saturated heterocycles. The summed E-state index contributed by atoms with van der Waals surface area (Å²) in [6, 6.07) is 12.8. The Morgan fingerprint density at radius 1 is 1.00 bits per heavy atom. The molecular weight excluding hydrogens is 418 g/mol. The predicted molar refractivity (Wildman–Crippen MR) is 117 cm³/mol. The molecule has 0 aliphatic carbocycles. The number of anilines is 2. The molecule has 1 N–H and O–H groups in total. The molecule has 2 aromatic rings. The van der Waals surface area contributed by atoms with Gasteiger partial charge in [0.1, 0.15) is 0 Å². The summed E-state index contributed by atoms with van der Waals surface area (Å²) in [5.41, 5.74) is 2.87. The van der Waals surface area contributed by atoms with Gasteiger partial charge in [0.05, 0.1) is 29.5 Å². The first-order valence-electron chi connectivity index (χ1n) is 10.4. The van der Waals surface area contributed by atoms with Crippen LogP contribution in [-0.4, -0.2) is 43.1 Å². The normalized spacial score (nSPS) is 20.6. The van der Waals surface area contributed by atoms with Crippen LogP contribution < -0.4 is 15.1 Å². The molecule has 0 unspecified atom stereocenters. The SMILES string of the molecule is O=C1CCN(c2cccc(-c3ccc(N4C(=O)CCCC45COC5)cc3)c2Cl)C(=O)N1. The molecule has 7 nitrogen and oxygen atoms in total. The molecule has 0 saturated carbocycles. The number of hydrogen-bond donors (Lipinski definition) is 1. The Morgan fingerprint density at radius 3 is 2.45 bits per heavy atom. The van der Waals surface area contributed by atoms with Crippen molar-refractivity contribution in [1.29, 1.82) is 0 Å². The molecule has 3 fully saturated rings. The van der Waals surface area contributed by atoms with Crippen molar-refractivity contribution in [3.05, 3.63) is 47.5 Å². The first kappa shape index (κ1) is 20.0. The maximum atomic E-state index is 12.7. The summed E-state index contributed by atoms with van der Waals surface area (Å²) in [5, 5.41) is 2.76. The zero-order valence-corrected chi connectivity index (χ0v) is 17.7. The number of carbonyl (C=O) groups excluding carboxylic acids is 3. The number of urea groups is 1. The second-order valence-corrected chi connectivity index (χ2v) is 8.62. The number of nitrogens with one attached hydrogen (secondary N) is 1. The molecule has 5 rings (SSSR count). The molecule has 3 heterocycles. The number of ether oxygens (including phenoxy) is 1. The second kappa shape index (κ2) is 7.66. The lowest BCUT2D eigenvalue weighted by Gasteiger charge is -2.52. The van der Waals surface area contributed by atoms with Crippen molar-refractivity contribution in [2.75, 3.05) is 29.6 Å². The Labute approximate surface area is 184 Å². The Bertz CT molecular complexity index is 1060. The van der Waals surface area contributed by atoms with E-state index in [1.165, 1.54) is 4.90 Å². The van der Waals surface area contributed by atoms with E-state index in [1.807, 2.05) is 41.3 Å². The van der Waals surface area contributed by atoms with Crippen LogP contribution in [0.4, 0.5) is 16.2 Å². The zero-order valence-electron chi connectivity index (χ0n) is 16.9. The van der Waals surface area contributed by atoms with Gasteiger partial charge in [-0.2, -0.15) is 0 Å². The third-order valence-corrected chi connectivity index (χ3v) is 6.65. The van der Waals surface area contributed by atoms with Gasteiger partial charge in [0.25, 0.3) is 0 Å². The highest BCUT2D eigenvalue weighted by Crippen LogP contribution is 2.41. The van der Waals surface area contributed by atoms with Crippen LogP contribution in [0.2, 0.25) is 5.02 Å². The number of amides is 4. The number of rotatable bonds is 3. The van der Waals surface area contributed by atoms with Crippen LogP contribution >= 0.6 is 11.6 Å². The molecular formula is C23H22ClN3O4. The minimum Gasteiger partial charge on any atom is -0.376 e. The van der Waals surface area contributed by atoms with Crippen molar-refractivity contribution in [1.82, 2.24) is 5.32 Å². The maximum Gasteiger partial charge on any atom is 0.328 e. The van der Waals surface area contributed by atoms with Crippen LogP contribution in [0.1, 0.15) is 25.7 Å². The smallest absolute Gasteiger partial charge is 0.328 e. The minimum absolute atomic E-state index is 0.132. The van der Waals surface area contributed by atoms with Gasteiger partial charge in [-0.25, -0.2) is 4.79 Å². The van der Waals surface area contributed by atoms with Crippen molar-refractivity contribution in [3.63, 3.8) is 0 Å². The van der Waals surface area contributed by atoms with E-state index in [2.05, 4.69) is 5.32 Å². The van der Waals surface area contributed by atoms with Crippen molar-refractivity contribution in [2.24, 2.45) is 0 Å². The third kappa shape index (κ3) is 3.38. The van der Waals surface area contributed by atoms with Crippen LogP contribution in [-0.2, 0) is 14.3 Å². The molecule has 31 heavy (non-hydrogen) atoms. The van der Waals surface area contributed by atoms with Gasteiger partial charge < -0.3 is 9.64 Å². The van der Waals surface area contributed by atoms with Crippen LogP contribution in [0.5, 0.6) is 0 Å². The number of nitrogens with zero attached hydrogens (tertiary/aromatic N) is 2. The van der Waals surface area contributed by atoms with Crippen LogP contribution in [0.25, 0.3) is 11.1 Å². The van der Waals surface area contributed by atoms with Gasteiger partial charge in [0.2, 0.25) is 11.8 Å². The summed E-state index contributed by atoms with van der Waals surface area (Å²) in [5.74, 6) is -0.154. The number of hydrogen-bond acceptors (Lipinski definition) is 4. The molecule has 0 atom stereocenters. The summed E-state index contributed by atoms with van der Waals surface area (Å²) in [7, 11) is 0. The first-order valence-corrected chi connectivity index (χ1v) is 10.8. The fourth-order valence-corrected chi connectivity index (χ4v) is 4.96. The van der Waals surface area contributed by atoms with Gasteiger partial charge in [-0.15, -0.1) is 0 Å². The largest absolute Gasteiger partial charge is 0.376 e. The Hall–Kier alpha value is -2.90. The predicted octanol–water partition coefficient (Wildman–Crippen LogP) is 3.74. The van der Waals surface area contributed by atoms with Gasteiger partial charge in [0, 0.05) is 30.6 Å². The molecule has 0 radical (unpaired) electrons. The average molecular weight is 440 g/mol. The summed E-state index contributed by atoms with van der Waals surface area (Å²) in [4.78, 5) is 39.7. The molecule has 3 aliphatic heterocycles. The Kier molecular flexibility index (Phi) is 4.95. The van der Waals surface area contributed by atoms with Gasteiger partial charge in [0.15, 0.2) is 0 Å². The lowest BCUT2D eigenvalue weighted by molar-refractivity contribution is -0.130. The van der Waals surface area contributed by atoms with E-state index >= 15 is 0 Å². The van der Waals surface area contributed by atoms with E-state index in [9.17, 15) is 14.4 Å². The van der Waals surface area contributed by atoms with Crippen LogP contribution in [0.15, 0.2) is 42.5 Å². The highest BCUT2D eigenvalue weighted by Gasteiger charge is 2.49. The number of benzene rings is 2. The average Bonchev–Trinajstić information content (AvgIpc) is 2.73. The summed E-state index contributed by atoms with van der Waals surface area (Å²) in [6.07, 6.45) is 2.64. The van der Waals surface area contributed by atoms with E-state index in [0.29, 0.717) is 30.3 Å². The standard InChI is InChI=1S/C23H22ClN3O4/c24-21-17(3-1-4-18(21)26-12-10-19(28)25-22(26)30)15-6-8-16(9-7-15)27-20(29)5-2-11-23(27)13-31-14-23/h1,3-4,6-9H,2,5,10-14H2,(H,25,28,30). The molecule has 8 heteroatoms. The maximum absolute atomic E-state index is 12.7. The third-order valence-electron chi connectivity index (χ3n) is 6.26. The van der Waals surface area contributed by atoms with E-state index < -0.39 is 6.03 Å². The summed E-state index contributed by atoms with van der Waals surface area (Å²) in [6.45, 7) is 1.44. The van der Waals surface area contributed by atoms with E-state index in [0.717, 1.165) is 29.7 Å². The molecule has 160 valence electrons. The fraction of sp³-hybridized carbons (Fsp3) is 0.348. The van der Waals surface area contributed by atoms with Gasteiger partial charge >= 0.3 is 6.03 Å². The molecule has 0 aromatic heterocycles. The van der Waals surface area contributed by atoms with Gasteiger partial charge in [-0.05, 0) is 36.6 Å².